The van der Waals surface area contributed by atoms with Crippen LogP contribution in [-0.2, 0) is 0 Å². The van der Waals surface area contributed by atoms with E-state index in [9.17, 15) is 0 Å². The molecule has 14 heteroatoms. The molecule has 16 aromatic carbocycles. The van der Waals surface area contributed by atoms with Gasteiger partial charge in [0, 0.05) is 112 Å². The van der Waals surface area contributed by atoms with Gasteiger partial charge < -0.3 is 14.4 Å². The van der Waals surface area contributed by atoms with Gasteiger partial charge in [-0.2, -0.15) is 0 Å². The SMILES string of the molecule is c1ccc(-c2cc(-c3ccc(-n4c5ccc(-c6nc(-c7ccccc7)nc(-c7ccccc7)n6)cc5c5cc(-c6nc(-c7ccccc7)nc(-c7ccccc7)n6)ccc54)c(-c4nc(-c5ccccc5)cc(-c5cccc(-c6ccc(N7c8ccccc8B8c9ccccc9N(c9ccccc9)c9cccc7c98)cc6)c5)n4)c3)nc(-c3ccccc3)n2)cc1. The van der Waals surface area contributed by atoms with Crippen LogP contribution in [0.15, 0.2) is 425 Å². The van der Waals surface area contributed by atoms with Crippen molar-refractivity contribution < 1.29 is 0 Å². The fourth-order valence-electron chi connectivity index (χ4n) is 17.7. The van der Waals surface area contributed by atoms with Crippen molar-refractivity contribution >= 4 is 79.0 Å². The van der Waals surface area contributed by atoms with Gasteiger partial charge in [0.1, 0.15) is 0 Å². The molecule has 0 aliphatic carbocycles. The Bertz CT molecular complexity index is 7300. The molecular weight excluding hydrogens is 1510 g/mol. The monoisotopic (exact) mass is 1580 g/mol. The van der Waals surface area contributed by atoms with Crippen LogP contribution in [0.2, 0.25) is 0 Å². The van der Waals surface area contributed by atoms with Gasteiger partial charge in [0.2, 0.25) is 0 Å². The van der Waals surface area contributed by atoms with E-state index in [2.05, 4.69) is 275 Å². The lowest BCUT2D eigenvalue weighted by atomic mass is 9.33. The first kappa shape index (κ1) is 72.4. The van der Waals surface area contributed by atoms with Crippen molar-refractivity contribution in [1.29, 1.82) is 0 Å². The third-order valence-corrected chi connectivity index (χ3v) is 23.5. The topological polar surface area (TPSA) is 140 Å². The van der Waals surface area contributed by atoms with Crippen LogP contribution in [0.3, 0.4) is 0 Å². The van der Waals surface area contributed by atoms with Crippen molar-refractivity contribution in [3.8, 4) is 153 Å². The molecule has 0 N–H and O–H groups in total. The Kier molecular flexibility index (Phi) is 18.0. The number of nitrogens with zero attached hydrogens (tertiary/aromatic N) is 13. The van der Waals surface area contributed by atoms with Crippen molar-refractivity contribution in [2.45, 2.75) is 0 Å². The lowest BCUT2D eigenvalue weighted by Gasteiger charge is -2.44. The van der Waals surface area contributed by atoms with Gasteiger partial charge in [0.05, 0.1) is 39.5 Å². The molecule has 124 heavy (non-hydrogen) atoms. The highest BCUT2D eigenvalue weighted by Gasteiger charge is 2.43. The van der Waals surface area contributed by atoms with E-state index >= 15 is 0 Å². The van der Waals surface area contributed by atoms with E-state index in [0.717, 1.165) is 151 Å². The summed E-state index contributed by atoms with van der Waals surface area (Å²) in [4.78, 5) is 58.6. The molecule has 0 amide bonds. The summed E-state index contributed by atoms with van der Waals surface area (Å²) in [5.41, 5.74) is 28.7. The number of hydrogen-bond acceptors (Lipinski definition) is 12. The van der Waals surface area contributed by atoms with Gasteiger partial charge >= 0.3 is 0 Å². The number of benzene rings is 16. The Morgan fingerprint density at radius 2 is 0.484 bits per heavy atom. The minimum atomic E-state index is 0.0336. The zero-order chi connectivity index (χ0) is 82.0. The molecule has 7 heterocycles. The van der Waals surface area contributed by atoms with Crippen molar-refractivity contribution in [1.82, 2.24) is 54.4 Å². The number of hydrogen-bond donors (Lipinski definition) is 0. The van der Waals surface area contributed by atoms with E-state index in [1.807, 2.05) is 164 Å². The molecule has 0 bridgehead atoms. The highest BCUT2D eigenvalue weighted by molar-refractivity contribution is 7.00. The molecule has 0 fully saturated rings. The molecular formula is C110H70BN13. The maximum atomic E-state index is 5.84. The predicted octanol–water partition coefficient (Wildman–Crippen LogP) is 24.5. The lowest BCUT2D eigenvalue weighted by molar-refractivity contribution is 1.07. The average molecular weight is 1580 g/mol. The normalized spacial score (nSPS) is 12.0. The Morgan fingerprint density at radius 3 is 0.919 bits per heavy atom. The fourth-order valence-corrected chi connectivity index (χ4v) is 17.7. The number of aromatic nitrogens is 11. The molecule has 2 aliphatic heterocycles. The quantitative estimate of drug-likeness (QED) is 0.0851. The van der Waals surface area contributed by atoms with Gasteiger partial charge in [-0.3, -0.25) is 0 Å². The van der Waals surface area contributed by atoms with Gasteiger partial charge in [-0.15, -0.1) is 0 Å². The van der Waals surface area contributed by atoms with E-state index < -0.39 is 0 Å². The summed E-state index contributed by atoms with van der Waals surface area (Å²) in [5.74, 6) is 4.36. The molecule has 0 unspecified atom stereocenters. The van der Waals surface area contributed by atoms with Crippen LogP contribution in [0, 0.1) is 0 Å². The van der Waals surface area contributed by atoms with Crippen molar-refractivity contribution in [3.63, 3.8) is 0 Å². The Hall–Kier alpha value is -16.8. The minimum absolute atomic E-state index is 0.0336. The largest absolute Gasteiger partial charge is 0.311 e. The van der Waals surface area contributed by atoms with Crippen LogP contribution in [0.1, 0.15) is 0 Å². The first-order chi connectivity index (χ1) is 61.4. The summed E-state index contributed by atoms with van der Waals surface area (Å²) < 4.78 is 2.34. The molecule has 0 spiro atoms. The van der Waals surface area contributed by atoms with Crippen LogP contribution >= 0.6 is 0 Å². The second-order valence-electron chi connectivity index (χ2n) is 31.0. The summed E-state index contributed by atoms with van der Waals surface area (Å²) in [6.45, 7) is 0.0336. The summed E-state index contributed by atoms with van der Waals surface area (Å²) in [7, 11) is 0. The van der Waals surface area contributed by atoms with E-state index in [0.29, 0.717) is 46.6 Å². The number of fused-ring (bicyclic) bond motifs is 7. The van der Waals surface area contributed by atoms with Crippen LogP contribution in [-0.4, -0.2) is 61.1 Å². The molecule has 0 radical (unpaired) electrons. The molecule has 23 rings (SSSR count). The Morgan fingerprint density at radius 1 is 0.177 bits per heavy atom. The Balaban J connectivity index is 0.716. The van der Waals surface area contributed by atoms with Crippen LogP contribution < -0.4 is 26.2 Å². The van der Waals surface area contributed by atoms with Crippen LogP contribution in [0.4, 0.5) is 34.1 Å². The van der Waals surface area contributed by atoms with Crippen molar-refractivity contribution in [2.75, 3.05) is 9.80 Å². The van der Waals surface area contributed by atoms with Crippen molar-refractivity contribution in [3.05, 3.63) is 425 Å². The molecule has 13 nitrogen and oxygen atoms in total. The minimum Gasteiger partial charge on any atom is -0.311 e. The summed E-state index contributed by atoms with van der Waals surface area (Å²) in [5, 5.41) is 1.84. The standard InChI is InChI=1S/C110H70BN13/c1-9-31-72(32-10-1)91-69-94(113-103(112-91)74-35-13-3-14-36-74)81-57-62-97(124-95-63-58-82(108-118-104(75-37-15-4-16-38-75)116-105(119-108)76-39-17-5-18-40-76)67-86(95)87-68-83(59-64-96(87)124)109-120-106(77-41-19-6-20-42-77)117-107(121-109)78-43-21-7-22-44-78)88(66-81)110-114-92(73-33-11-2-12-34-73)70-93(115-110)80-46-29-45-79(65-80)71-55-60-85(61-56-71)123-99-52-28-26-50-90(99)111-89-49-25-27-51-98(89)122(84-47-23-8-24-48-84)100-53-30-54-101(123)102(100)111/h1-70H. The van der Waals surface area contributed by atoms with E-state index in [4.69, 9.17) is 49.8 Å². The van der Waals surface area contributed by atoms with Gasteiger partial charge in [0.15, 0.2) is 46.6 Å². The van der Waals surface area contributed by atoms with E-state index in [-0.39, 0.29) is 6.71 Å². The second kappa shape index (κ2) is 30.8. The fraction of sp³-hybridized carbons (Fsp3) is 0. The van der Waals surface area contributed by atoms with Crippen LogP contribution in [0.25, 0.3) is 175 Å². The first-order valence-corrected chi connectivity index (χ1v) is 41.5. The highest BCUT2D eigenvalue weighted by Crippen LogP contribution is 2.47. The van der Waals surface area contributed by atoms with E-state index in [1.165, 1.54) is 27.8 Å². The molecule has 0 saturated carbocycles. The van der Waals surface area contributed by atoms with Crippen molar-refractivity contribution in [2.24, 2.45) is 0 Å². The lowest BCUT2D eigenvalue weighted by Crippen LogP contribution is -2.61. The number of rotatable bonds is 16. The molecule has 2 aliphatic rings. The van der Waals surface area contributed by atoms with Gasteiger partial charge in [-0.25, -0.2) is 49.8 Å². The average Bonchev–Trinajstić information content (AvgIpc) is 0.852. The molecule has 0 atom stereocenters. The third kappa shape index (κ3) is 13.2. The molecule has 578 valence electrons. The molecule has 0 saturated heterocycles. The number of anilines is 6. The molecule has 21 aromatic rings. The van der Waals surface area contributed by atoms with Crippen LogP contribution in [0.5, 0.6) is 0 Å². The maximum Gasteiger partial charge on any atom is 0.252 e. The summed E-state index contributed by atoms with van der Waals surface area (Å²) in [6.07, 6.45) is 0. The number of para-hydroxylation sites is 3. The summed E-state index contributed by atoms with van der Waals surface area (Å²) >= 11 is 0. The smallest absolute Gasteiger partial charge is 0.252 e. The molecule has 5 aromatic heterocycles. The van der Waals surface area contributed by atoms with Gasteiger partial charge in [-0.1, -0.05) is 309 Å². The van der Waals surface area contributed by atoms with Gasteiger partial charge in [-0.05, 0) is 143 Å². The zero-order valence-corrected chi connectivity index (χ0v) is 66.8. The maximum absolute atomic E-state index is 5.84. The zero-order valence-electron chi connectivity index (χ0n) is 66.8. The third-order valence-electron chi connectivity index (χ3n) is 23.5. The summed E-state index contributed by atoms with van der Waals surface area (Å²) in [6, 6.07) is 148. The predicted molar refractivity (Wildman–Crippen MR) is 503 cm³/mol. The van der Waals surface area contributed by atoms with Gasteiger partial charge in [0.25, 0.3) is 6.71 Å². The Labute approximate surface area is 716 Å². The first-order valence-electron chi connectivity index (χ1n) is 41.5. The second-order valence-corrected chi connectivity index (χ2v) is 31.0. The van der Waals surface area contributed by atoms with E-state index in [1.54, 1.807) is 0 Å². The highest BCUT2D eigenvalue weighted by atomic mass is 15.2.